The smallest absolute Gasteiger partial charge is 0.339 e. The largest absolute Gasteiger partial charge is 0.465 e. The van der Waals surface area contributed by atoms with Gasteiger partial charge in [-0.3, -0.25) is 4.79 Å². The van der Waals surface area contributed by atoms with Gasteiger partial charge in [-0.25, -0.2) is 14.8 Å². The quantitative estimate of drug-likeness (QED) is 0.880. The number of para-hydroxylation sites is 1. The van der Waals surface area contributed by atoms with Crippen LogP contribution in [0.1, 0.15) is 37.9 Å². The molecule has 1 aromatic heterocycles. The van der Waals surface area contributed by atoms with Crippen LogP contribution >= 0.6 is 0 Å². The number of ether oxygens (including phenoxy) is 1. The number of rotatable bonds is 3. The number of nitrogens with zero attached hydrogens (tertiary/aromatic N) is 2. The molecule has 6 heteroatoms. The number of carbonyl (C=O) groups excluding carboxylic acids is 2. The highest BCUT2D eigenvalue weighted by Gasteiger charge is 2.18. The van der Waals surface area contributed by atoms with E-state index in [2.05, 4.69) is 15.3 Å². The Hall–Kier alpha value is -2.76. The average molecular weight is 299 g/mol. The summed E-state index contributed by atoms with van der Waals surface area (Å²) in [5, 5.41) is 2.72. The fourth-order valence-corrected chi connectivity index (χ4v) is 2.28. The van der Waals surface area contributed by atoms with Gasteiger partial charge in [0.15, 0.2) is 0 Å². The third-order valence-corrected chi connectivity index (χ3v) is 3.19. The minimum absolute atomic E-state index is 0.293. The van der Waals surface area contributed by atoms with Crippen LogP contribution in [0.4, 0.5) is 5.69 Å². The second-order valence-corrected chi connectivity index (χ2v) is 4.81. The number of carbonyl (C=O) groups is 2. The molecule has 0 unspecified atom stereocenters. The van der Waals surface area contributed by atoms with Crippen LogP contribution in [-0.2, 0) is 4.74 Å². The lowest BCUT2D eigenvalue weighted by Gasteiger charge is -2.12. The molecule has 6 nitrogen and oxygen atoms in total. The minimum Gasteiger partial charge on any atom is -0.465 e. The molecule has 0 spiro atoms. The Bertz CT molecular complexity index is 718. The average Bonchev–Trinajstić information content (AvgIpc) is 2.46. The van der Waals surface area contributed by atoms with Crippen LogP contribution in [0.2, 0.25) is 0 Å². The van der Waals surface area contributed by atoms with Gasteiger partial charge in [-0.2, -0.15) is 0 Å². The summed E-state index contributed by atoms with van der Waals surface area (Å²) in [6, 6.07) is 6.66. The highest BCUT2D eigenvalue weighted by Crippen LogP contribution is 2.19. The molecule has 0 bridgehead atoms. The molecule has 2 rings (SSSR count). The summed E-state index contributed by atoms with van der Waals surface area (Å²) >= 11 is 0. The number of anilines is 1. The third kappa shape index (κ3) is 3.11. The molecule has 1 amide bonds. The van der Waals surface area contributed by atoms with Crippen molar-refractivity contribution >= 4 is 17.6 Å². The van der Waals surface area contributed by atoms with Crippen molar-refractivity contribution in [2.24, 2.45) is 0 Å². The number of aryl methyl sites for hydroxylation is 3. The lowest BCUT2D eigenvalue weighted by molar-refractivity contribution is 0.0602. The molecule has 0 aliphatic rings. The first-order valence-electron chi connectivity index (χ1n) is 6.74. The van der Waals surface area contributed by atoms with E-state index in [9.17, 15) is 9.59 Å². The highest BCUT2D eigenvalue weighted by molar-refractivity contribution is 6.09. The SMILES string of the molecule is COC(=O)c1ccccc1NC(=O)c1c(C)nc(C)nc1C. The number of aromatic nitrogens is 2. The number of methoxy groups -OCH3 is 1. The molecule has 22 heavy (non-hydrogen) atoms. The van der Waals surface area contributed by atoms with E-state index in [-0.39, 0.29) is 5.91 Å². The van der Waals surface area contributed by atoms with Crippen LogP contribution in [0.25, 0.3) is 0 Å². The van der Waals surface area contributed by atoms with Gasteiger partial charge in [-0.1, -0.05) is 12.1 Å². The summed E-state index contributed by atoms with van der Waals surface area (Å²) < 4.78 is 4.71. The minimum atomic E-state index is -0.510. The van der Waals surface area contributed by atoms with E-state index in [0.29, 0.717) is 34.0 Å². The van der Waals surface area contributed by atoms with E-state index >= 15 is 0 Å². The first-order chi connectivity index (χ1) is 10.4. The number of hydrogen-bond acceptors (Lipinski definition) is 5. The summed E-state index contributed by atoms with van der Waals surface area (Å²) in [4.78, 5) is 32.6. The fraction of sp³-hybridized carbons (Fsp3) is 0.250. The van der Waals surface area contributed by atoms with Gasteiger partial charge in [0.1, 0.15) is 5.82 Å². The normalized spacial score (nSPS) is 10.2. The van der Waals surface area contributed by atoms with Gasteiger partial charge in [-0.15, -0.1) is 0 Å². The summed E-state index contributed by atoms with van der Waals surface area (Å²) in [5.74, 6) is -0.252. The highest BCUT2D eigenvalue weighted by atomic mass is 16.5. The molecular weight excluding hydrogens is 282 g/mol. The Labute approximate surface area is 128 Å². The summed E-state index contributed by atoms with van der Waals surface area (Å²) in [7, 11) is 1.29. The Balaban J connectivity index is 2.37. The molecular formula is C16H17N3O3. The van der Waals surface area contributed by atoms with Gasteiger partial charge in [0, 0.05) is 0 Å². The maximum Gasteiger partial charge on any atom is 0.339 e. The number of esters is 1. The van der Waals surface area contributed by atoms with Gasteiger partial charge in [0.25, 0.3) is 5.91 Å². The third-order valence-electron chi connectivity index (χ3n) is 3.19. The first-order valence-corrected chi connectivity index (χ1v) is 6.74. The molecule has 0 fully saturated rings. The van der Waals surface area contributed by atoms with E-state index < -0.39 is 5.97 Å². The predicted octanol–water partition coefficient (Wildman–Crippen LogP) is 2.44. The van der Waals surface area contributed by atoms with Crippen molar-refractivity contribution in [2.75, 3.05) is 12.4 Å². The summed E-state index contributed by atoms with van der Waals surface area (Å²) in [6.45, 7) is 5.28. The Morgan fingerprint density at radius 1 is 1.05 bits per heavy atom. The van der Waals surface area contributed by atoms with Crippen molar-refractivity contribution in [1.82, 2.24) is 9.97 Å². The Morgan fingerprint density at radius 2 is 1.64 bits per heavy atom. The molecule has 1 heterocycles. The number of nitrogens with one attached hydrogen (secondary N) is 1. The number of benzene rings is 1. The van der Waals surface area contributed by atoms with E-state index in [1.165, 1.54) is 7.11 Å². The van der Waals surface area contributed by atoms with Gasteiger partial charge in [0.2, 0.25) is 0 Å². The molecule has 1 N–H and O–H groups in total. The summed E-state index contributed by atoms with van der Waals surface area (Å²) in [6.07, 6.45) is 0. The predicted molar refractivity (Wildman–Crippen MR) is 82.0 cm³/mol. The van der Waals surface area contributed by atoms with Gasteiger partial charge < -0.3 is 10.1 Å². The van der Waals surface area contributed by atoms with Crippen LogP contribution in [0.3, 0.4) is 0 Å². The zero-order valence-corrected chi connectivity index (χ0v) is 12.9. The zero-order valence-electron chi connectivity index (χ0n) is 12.9. The van der Waals surface area contributed by atoms with Crippen molar-refractivity contribution in [3.05, 3.63) is 52.6 Å². The maximum absolute atomic E-state index is 12.5. The van der Waals surface area contributed by atoms with E-state index in [1.807, 2.05) is 0 Å². The number of amides is 1. The van der Waals surface area contributed by atoms with Crippen molar-refractivity contribution in [2.45, 2.75) is 20.8 Å². The Kier molecular flexibility index (Phi) is 4.50. The summed E-state index contributed by atoms with van der Waals surface area (Å²) in [5.41, 5.74) is 2.28. The molecule has 114 valence electrons. The molecule has 0 atom stereocenters. The standard InChI is InChI=1S/C16H17N3O3/c1-9-14(10(2)18-11(3)17-9)15(20)19-13-8-6-5-7-12(13)16(21)22-4/h5-8H,1-4H3,(H,19,20). The second-order valence-electron chi connectivity index (χ2n) is 4.81. The van der Waals surface area contributed by atoms with Crippen LogP contribution in [0.5, 0.6) is 0 Å². The molecule has 0 saturated carbocycles. The van der Waals surface area contributed by atoms with E-state index in [1.54, 1.807) is 45.0 Å². The lowest BCUT2D eigenvalue weighted by Crippen LogP contribution is -2.19. The van der Waals surface area contributed by atoms with Gasteiger partial charge >= 0.3 is 5.97 Å². The van der Waals surface area contributed by atoms with Crippen molar-refractivity contribution in [1.29, 1.82) is 0 Å². The van der Waals surface area contributed by atoms with Crippen LogP contribution in [0, 0.1) is 20.8 Å². The van der Waals surface area contributed by atoms with Crippen molar-refractivity contribution in [3.63, 3.8) is 0 Å². The molecule has 2 aromatic rings. The topological polar surface area (TPSA) is 81.2 Å². The second kappa shape index (κ2) is 6.34. The van der Waals surface area contributed by atoms with E-state index in [4.69, 9.17) is 4.74 Å². The Morgan fingerprint density at radius 3 is 2.23 bits per heavy atom. The first kappa shape index (κ1) is 15.6. The molecule has 0 saturated heterocycles. The molecule has 1 aromatic carbocycles. The van der Waals surface area contributed by atoms with Crippen molar-refractivity contribution in [3.8, 4) is 0 Å². The zero-order chi connectivity index (χ0) is 16.3. The van der Waals surface area contributed by atoms with Crippen molar-refractivity contribution < 1.29 is 14.3 Å². The monoisotopic (exact) mass is 299 g/mol. The van der Waals surface area contributed by atoms with Gasteiger partial charge in [-0.05, 0) is 32.9 Å². The van der Waals surface area contributed by atoms with Gasteiger partial charge in [0.05, 0.1) is 35.3 Å². The lowest BCUT2D eigenvalue weighted by atomic mass is 10.1. The molecule has 0 aliphatic heterocycles. The maximum atomic E-state index is 12.5. The van der Waals surface area contributed by atoms with E-state index in [0.717, 1.165) is 0 Å². The van der Waals surface area contributed by atoms with Crippen LogP contribution in [0.15, 0.2) is 24.3 Å². The fourth-order valence-electron chi connectivity index (χ4n) is 2.28. The van der Waals surface area contributed by atoms with Crippen LogP contribution < -0.4 is 5.32 Å². The molecule has 0 radical (unpaired) electrons. The number of hydrogen-bond donors (Lipinski definition) is 1. The van der Waals surface area contributed by atoms with Crippen LogP contribution in [-0.4, -0.2) is 29.0 Å². The molecule has 0 aliphatic carbocycles.